The van der Waals surface area contributed by atoms with E-state index in [0.29, 0.717) is 34.9 Å². The molecular weight excluding hydrogens is 334 g/mol. The van der Waals surface area contributed by atoms with Crippen molar-refractivity contribution in [2.24, 2.45) is 0 Å². The monoisotopic (exact) mass is 351 g/mol. The number of hydrogen-bond acceptors (Lipinski definition) is 6. The van der Waals surface area contributed by atoms with Gasteiger partial charge in [-0.3, -0.25) is 0 Å². The number of carbonyl (C=O) groups is 1. The number of ether oxygens (including phenoxy) is 2. The highest BCUT2D eigenvalue weighted by Gasteiger charge is 2.20. The van der Waals surface area contributed by atoms with Crippen LogP contribution in [0.4, 0.5) is 0 Å². The van der Waals surface area contributed by atoms with Gasteiger partial charge in [0, 0.05) is 17.3 Å². The smallest absolute Gasteiger partial charge is 0.340 e. The van der Waals surface area contributed by atoms with Crippen molar-refractivity contribution in [2.75, 3.05) is 6.61 Å². The lowest BCUT2D eigenvalue weighted by Gasteiger charge is -2.06. The fourth-order valence-corrected chi connectivity index (χ4v) is 2.92. The minimum Gasteiger partial charge on any atom is -0.462 e. The predicted octanol–water partition coefficient (Wildman–Crippen LogP) is 3.19. The number of aryl methyl sites for hydroxylation is 2. The maximum atomic E-state index is 12.1. The largest absolute Gasteiger partial charge is 0.462 e. The molecule has 4 heterocycles. The molecule has 0 bridgehead atoms. The van der Waals surface area contributed by atoms with Crippen LogP contribution in [-0.2, 0) is 4.74 Å². The van der Waals surface area contributed by atoms with E-state index < -0.39 is 5.97 Å². The Hall–Kier alpha value is -3.42. The van der Waals surface area contributed by atoms with E-state index in [1.165, 1.54) is 6.33 Å². The Bertz CT molecular complexity index is 1130. The predicted molar refractivity (Wildman–Crippen MR) is 94.6 cm³/mol. The lowest BCUT2D eigenvalue weighted by atomic mass is 10.2. The van der Waals surface area contributed by atoms with Gasteiger partial charge in [-0.05, 0) is 38.5 Å². The molecule has 4 rings (SSSR count). The summed E-state index contributed by atoms with van der Waals surface area (Å²) in [5.74, 6) is 0.504. The Morgan fingerprint density at radius 1 is 1.27 bits per heavy atom. The molecule has 0 fully saturated rings. The second-order valence-electron chi connectivity index (χ2n) is 5.91. The molecule has 0 aliphatic heterocycles. The zero-order valence-electron chi connectivity index (χ0n) is 14.6. The van der Waals surface area contributed by atoms with E-state index in [2.05, 4.69) is 20.1 Å². The number of H-pyrrole nitrogens is 1. The summed E-state index contributed by atoms with van der Waals surface area (Å²) in [5, 5.41) is 5.11. The number of esters is 1. The number of nitrogens with zero attached hydrogens (tertiary/aromatic N) is 4. The van der Waals surface area contributed by atoms with Gasteiger partial charge in [-0.2, -0.15) is 10.1 Å². The standard InChI is InChI=1S/C18H17N5O3/c1-4-25-18(24)14-8-23-15(11(14)3)17(20-9-21-23)26-13-6-12-5-10(2)22-16(12)19-7-13/h5-9H,4H2,1-3H3,(H,19,22). The molecule has 0 aromatic carbocycles. The third kappa shape index (κ3) is 2.65. The third-order valence-corrected chi connectivity index (χ3v) is 4.08. The first-order valence-electron chi connectivity index (χ1n) is 8.20. The van der Waals surface area contributed by atoms with Crippen molar-refractivity contribution in [1.82, 2.24) is 24.6 Å². The highest BCUT2D eigenvalue weighted by molar-refractivity contribution is 5.94. The first-order valence-corrected chi connectivity index (χ1v) is 8.20. The van der Waals surface area contributed by atoms with Crippen molar-refractivity contribution in [1.29, 1.82) is 0 Å². The van der Waals surface area contributed by atoms with Crippen molar-refractivity contribution >= 4 is 22.5 Å². The van der Waals surface area contributed by atoms with Crippen molar-refractivity contribution < 1.29 is 14.3 Å². The van der Waals surface area contributed by atoms with Crippen LogP contribution in [0, 0.1) is 13.8 Å². The van der Waals surface area contributed by atoms with Crippen LogP contribution in [0.1, 0.15) is 28.5 Å². The van der Waals surface area contributed by atoms with Gasteiger partial charge in [0.05, 0.1) is 18.4 Å². The van der Waals surface area contributed by atoms with Gasteiger partial charge in [-0.15, -0.1) is 0 Å². The molecule has 0 aliphatic carbocycles. The number of aromatic nitrogens is 5. The molecule has 0 aliphatic rings. The first kappa shape index (κ1) is 16.1. The maximum Gasteiger partial charge on any atom is 0.340 e. The zero-order valence-corrected chi connectivity index (χ0v) is 14.6. The summed E-state index contributed by atoms with van der Waals surface area (Å²) in [5.41, 5.74) is 3.57. The number of carbonyl (C=O) groups excluding carboxylic acids is 1. The van der Waals surface area contributed by atoms with E-state index in [1.54, 1.807) is 23.8 Å². The average Bonchev–Trinajstić information content (AvgIpc) is 3.15. The molecule has 4 aromatic rings. The van der Waals surface area contributed by atoms with Crippen molar-refractivity contribution in [3.8, 4) is 11.6 Å². The summed E-state index contributed by atoms with van der Waals surface area (Å²) < 4.78 is 12.6. The number of aromatic amines is 1. The van der Waals surface area contributed by atoms with Gasteiger partial charge >= 0.3 is 5.97 Å². The molecule has 0 unspecified atom stereocenters. The van der Waals surface area contributed by atoms with Gasteiger partial charge < -0.3 is 14.5 Å². The van der Waals surface area contributed by atoms with E-state index in [4.69, 9.17) is 9.47 Å². The van der Waals surface area contributed by atoms with E-state index in [9.17, 15) is 4.79 Å². The molecule has 8 heteroatoms. The Labute approximate surface area is 148 Å². The lowest BCUT2D eigenvalue weighted by Crippen LogP contribution is -2.04. The number of hydrogen-bond donors (Lipinski definition) is 1. The van der Waals surface area contributed by atoms with E-state index in [0.717, 1.165) is 16.7 Å². The molecule has 26 heavy (non-hydrogen) atoms. The molecular formula is C18H17N5O3. The molecule has 8 nitrogen and oxygen atoms in total. The summed E-state index contributed by atoms with van der Waals surface area (Å²) in [6.45, 7) is 5.86. The van der Waals surface area contributed by atoms with Gasteiger partial charge in [-0.1, -0.05) is 0 Å². The topological polar surface area (TPSA) is 94.4 Å². The van der Waals surface area contributed by atoms with Gasteiger partial charge in [0.25, 0.3) is 0 Å². The van der Waals surface area contributed by atoms with Crippen LogP contribution in [0.5, 0.6) is 11.6 Å². The molecule has 0 spiro atoms. The number of nitrogens with one attached hydrogen (secondary N) is 1. The minimum atomic E-state index is -0.396. The molecule has 0 atom stereocenters. The molecule has 0 amide bonds. The Morgan fingerprint density at radius 3 is 2.92 bits per heavy atom. The van der Waals surface area contributed by atoms with Crippen LogP contribution < -0.4 is 4.74 Å². The van der Waals surface area contributed by atoms with Crippen LogP contribution in [0.3, 0.4) is 0 Å². The van der Waals surface area contributed by atoms with Gasteiger partial charge in [0.2, 0.25) is 5.88 Å². The normalized spacial score (nSPS) is 11.2. The van der Waals surface area contributed by atoms with Gasteiger partial charge in [0.15, 0.2) is 0 Å². The Morgan fingerprint density at radius 2 is 2.12 bits per heavy atom. The lowest BCUT2D eigenvalue weighted by molar-refractivity contribution is 0.0525. The number of pyridine rings is 1. The van der Waals surface area contributed by atoms with Crippen molar-refractivity contribution in [3.63, 3.8) is 0 Å². The molecule has 1 N–H and O–H groups in total. The van der Waals surface area contributed by atoms with E-state index >= 15 is 0 Å². The SMILES string of the molecule is CCOC(=O)c1cn2ncnc(Oc3cnc4[nH]c(C)cc4c3)c2c1C. The number of fused-ring (bicyclic) bond motifs is 2. The van der Waals surface area contributed by atoms with Gasteiger partial charge in [-0.25, -0.2) is 14.3 Å². The highest BCUT2D eigenvalue weighted by atomic mass is 16.5. The van der Waals surface area contributed by atoms with Crippen molar-refractivity contribution in [2.45, 2.75) is 20.8 Å². The fourth-order valence-electron chi connectivity index (χ4n) is 2.92. The molecule has 0 saturated carbocycles. The Balaban J connectivity index is 1.76. The quantitative estimate of drug-likeness (QED) is 0.568. The van der Waals surface area contributed by atoms with Crippen LogP contribution in [0.2, 0.25) is 0 Å². The molecule has 132 valence electrons. The fraction of sp³-hybridized carbons (Fsp3) is 0.222. The molecule has 0 radical (unpaired) electrons. The van der Waals surface area contributed by atoms with Crippen LogP contribution in [-0.4, -0.2) is 37.1 Å². The van der Waals surface area contributed by atoms with E-state index in [-0.39, 0.29) is 0 Å². The Kier molecular flexibility index (Phi) is 3.80. The second kappa shape index (κ2) is 6.14. The average molecular weight is 351 g/mol. The molecule has 4 aromatic heterocycles. The summed E-state index contributed by atoms with van der Waals surface area (Å²) in [6, 6.07) is 3.88. The second-order valence-corrected chi connectivity index (χ2v) is 5.91. The van der Waals surface area contributed by atoms with Crippen LogP contribution in [0.25, 0.3) is 16.6 Å². The zero-order chi connectivity index (χ0) is 18.3. The summed E-state index contributed by atoms with van der Waals surface area (Å²) in [6.07, 6.45) is 4.62. The third-order valence-electron chi connectivity index (χ3n) is 4.08. The summed E-state index contributed by atoms with van der Waals surface area (Å²) in [4.78, 5) is 23.9. The van der Waals surface area contributed by atoms with Crippen molar-refractivity contribution in [3.05, 3.63) is 47.7 Å². The first-order chi connectivity index (χ1) is 12.6. The summed E-state index contributed by atoms with van der Waals surface area (Å²) >= 11 is 0. The highest BCUT2D eigenvalue weighted by Crippen LogP contribution is 2.29. The van der Waals surface area contributed by atoms with Crippen LogP contribution in [0.15, 0.2) is 30.9 Å². The number of rotatable bonds is 4. The van der Waals surface area contributed by atoms with Gasteiger partial charge in [0.1, 0.15) is 23.2 Å². The van der Waals surface area contributed by atoms with Crippen LogP contribution >= 0.6 is 0 Å². The van der Waals surface area contributed by atoms with E-state index in [1.807, 2.05) is 26.0 Å². The minimum absolute atomic E-state index is 0.307. The molecule has 0 saturated heterocycles. The maximum absolute atomic E-state index is 12.1. The summed E-state index contributed by atoms with van der Waals surface area (Å²) in [7, 11) is 0.